The van der Waals surface area contributed by atoms with E-state index in [-0.39, 0.29) is 0 Å². The molecule has 0 fully saturated rings. The molecule has 0 radical (unpaired) electrons. The van der Waals surface area contributed by atoms with E-state index in [0.29, 0.717) is 0 Å². The van der Waals surface area contributed by atoms with Gasteiger partial charge in [-0.1, -0.05) is 0 Å². The van der Waals surface area contributed by atoms with E-state index in [1.54, 1.807) is 0 Å². The molecule has 2 rings (SSSR count). The van der Waals surface area contributed by atoms with E-state index < -0.39 is 36.8 Å². The first-order valence-electron chi connectivity index (χ1n) is 16.1. The van der Waals surface area contributed by atoms with Crippen molar-refractivity contribution in [1.82, 2.24) is 19.9 Å². The van der Waals surface area contributed by atoms with Gasteiger partial charge >= 0.3 is 247 Å². The van der Waals surface area contributed by atoms with Crippen LogP contribution in [0.25, 0.3) is 0 Å². The van der Waals surface area contributed by atoms with Crippen molar-refractivity contribution in [2.24, 2.45) is 0 Å². The van der Waals surface area contributed by atoms with Crippen molar-refractivity contribution in [1.29, 1.82) is 0 Å². The zero-order valence-electron chi connectivity index (χ0n) is 26.0. The van der Waals surface area contributed by atoms with E-state index in [1.165, 1.54) is 111 Å². The van der Waals surface area contributed by atoms with Crippen molar-refractivity contribution >= 4 is 44.2 Å². The summed E-state index contributed by atoms with van der Waals surface area (Å²) in [6.07, 6.45) is 27.9. The van der Waals surface area contributed by atoms with Crippen LogP contribution in [0.4, 0.5) is 0 Å². The molecule has 0 spiro atoms. The summed E-state index contributed by atoms with van der Waals surface area (Å²) in [6, 6.07) is 0. The van der Waals surface area contributed by atoms with Gasteiger partial charge in [-0.25, -0.2) is 0 Å². The second kappa shape index (κ2) is 22.4. The second-order valence-corrected chi connectivity index (χ2v) is 37.5. The van der Waals surface area contributed by atoms with Crippen LogP contribution in [-0.2, 0) is 0 Å². The van der Waals surface area contributed by atoms with E-state index in [1.807, 2.05) is 24.8 Å². The fraction of sp³-hybridized carbons (Fsp3) is 0.750. The summed E-state index contributed by atoms with van der Waals surface area (Å²) in [4.78, 5) is 18.2. The fourth-order valence-corrected chi connectivity index (χ4v) is 36.0. The van der Waals surface area contributed by atoms with Crippen molar-refractivity contribution in [3.8, 4) is 0 Å². The quantitative estimate of drug-likeness (QED) is 0.127. The molecule has 0 bridgehead atoms. The molecular weight excluding hydrogens is 678 g/mol. The molecule has 0 atom stereocenters. The summed E-state index contributed by atoms with van der Waals surface area (Å²) >= 11 is -4.54. The zero-order valence-corrected chi connectivity index (χ0v) is 31.7. The summed E-state index contributed by atoms with van der Waals surface area (Å²) in [7, 11) is 0. The molecule has 0 aliphatic heterocycles. The first kappa shape index (κ1) is 35.8. The van der Waals surface area contributed by atoms with Crippen LogP contribution in [0.5, 0.6) is 0 Å². The predicted octanol–water partition coefficient (Wildman–Crippen LogP) is 9.07. The maximum absolute atomic E-state index is 4.74. The molecule has 2 heterocycles. The third-order valence-electron chi connectivity index (χ3n) is 8.27. The van der Waals surface area contributed by atoms with Crippen LogP contribution in [0.1, 0.15) is 119 Å². The zero-order chi connectivity index (χ0) is 28.0. The van der Waals surface area contributed by atoms with Crippen molar-refractivity contribution in [2.45, 2.75) is 145 Å². The Labute approximate surface area is 244 Å². The van der Waals surface area contributed by atoms with Gasteiger partial charge in [0.05, 0.1) is 0 Å². The van der Waals surface area contributed by atoms with Gasteiger partial charge in [-0.2, -0.15) is 0 Å². The van der Waals surface area contributed by atoms with Gasteiger partial charge in [0.25, 0.3) is 0 Å². The van der Waals surface area contributed by atoms with E-state index in [9.17, 15) is 0 Å². The van der Waals surface area contributed by atoms with Crippen LogP contribution >= 0.6 is 0 Å². The van der Waals surface area contributed by atoms with E-state index in [2.05, 4.69) is 63.9 Å². The topological polar surface area (TPSA) is 51.6 Å². The summed E-state index contributed by atoms with van der Waals surface area (Å²) in [5.74, 6) is 0. The molecule has 0 aliphatic carbocycles. The molecule has 0 amide bonds. The Bertz CT molecular complexity index is 678. The molecule has 0 aliphatic rings. The van der Waals surface area contributed by atoms with Crippen molar-refractivity contribution in [2.75, 3.05) is 0 Å². The number of rotatable bonds is 20. The molecule has 216 valence electrons. The summed E-state index contributed by atoms with van der Waals surface area (Å²) in [5, 5.41) is 0. The fourth-order valence-electron chi connectivity index (χ4n) is 5.76. The van der Waals surface area contributed by atoms with Gasteiger partial charge in [0, 0.05) is 0 Å². The van der Waals surface area contributed by atoms with Gasteiger partial charge in [0.2, 0.25) is 0 Å². The van der Waals surface area contributed by atoms with Crippen LogP contribution < -0.4 is 7.42 Å². The van der Waals surface area contributed by atoms with Crippen LogP contribution in [0, 0.1) is 0 Å². The maximum atomic E-state index is 4.74. The van der Waals surface area contributed by atoms with Gasteiger partial charge < -0.3 is 0 Å². The second-order valence-electron chi connectivity index (χ2n) is 11.4. The predicted molar refractivity (Wildman–Crippen MR) is 173 cm³/mol. The monoisotopic (exact) mass is 740 g/mol. The Morgan fingerprint density at radius 1 is 0.421 bits per heavy atom. The molecule has 0 unspecified atom stereocenters. The summed E-state index contributed by atoms with van der Waals surface area (Å²) in [6.45, 7) is 13.9. The molecule has 4 nitrogen and oxygen atoms in total. The molecule has 6 heteroatoms. The van der Waals surface area contributed by atoms with Gasteiger partial charge in [0.15, 0.2) is 0 Å². The average Bonchev–Trinajstić information content (AvgIpc) is 2.98. The Balaban J connectivity index is 0.000000380. The van der Waals surface area contributed by atoms with Crippen LogP contribution in [-0.4, -0.2) is 56.7 Å². The summed E-state index contributed by atoms with van der Waals surface area (Å²) in [5.41, 5.74) is 0. The van der Waals surface area contributed by atoms with E-state index >= 15 is 0 Å². The third-order valence-corrected chi connectivity index (χ3v) is 38.4. The third kappa shape index (κ3) is 12.9. The Morgan fingerprint density at radius 2 is 0.684 bits per heavy atom. The van der Waals surface area contributed by atoms with Crippen molar-refractivity contribution < 1.29 is 0 Å². The van der Waals surface area contributed by atoms with Crippen LogP contribution in [0.3, 0.4) is 0 Å². The molecular formula is C32H60N4Sn2. The summed E-state index contributed by atoms with van der Waals surface area (Å²) < 4.78 is 11.7. The normalized spacial score (nSPS) is 11.7. The number of hydrogen-bond donors (Lipinski definition) is 0. The van der Waals surface area contributed by atoms with E-state index in [0.717, 1.165) is 0 Å². The van der Waals surface area contributed by atoms with Gasteiger partial charge in [-0.15, -0.1) is 0 Å². The molecule has 0 saturated carbocycles. The first-order chi connectivity index (χ1) is 18.6. The number of nitrogens with zero attached hydrogens (tertiary/aromatic N) is 4. The molecule has 0 saturated heterocycles. The molecule has 2 aromatic rings. The number of unbranched alkanes of at least 4 members (excludes halogenated alkanes) is 6. The molecule has 38 heavy (non-hydrogen) atoms. The van der Waals surface area contributed by atoms with Crippen LogP contribution in [0.15, 0.2) is 37.2 Å². The van der Waals surface area contributed by atoms with Crippen LogP contribution in [0.2, 0.25) is 26.6 Å². The van der Waals surface area contributed by atoms with Gasteiger partial charge in [-0.3, -0.25) is 0 Å². The Kier molecular flexibility index (Phi) is 21.1. The van der Waals surface area contributed by atoms with Crippen molar-refractivity contribution in [3.05, 3.63) is 37.2 Å². The number of hydrogen-bond acceptors (Lipinski definition) is 4. The minimum absolute atomic E-state index is 1.32. The van der Waals surface area contributed by atoms with Gasteiger partial charge in [0.1, 0.15) is 0 Å². The minimum atomic E-state index is -2.27. The Hall–Kier alpha value is -0.243. The van der Waals surface area contributed by atoms with E-state index in [4.69, 9.17) is 9.97 Å². The van der Waals surface area contributed by atoms with Gasteiger partial charge in [-0.05, 0) is 0 Å². The molecule has 2 aromatic heterocycles. The molecule has 0 N–H and O–H groups in total. The molecule has 0 aromatic carbocycles. The first-order valence-corrected chi connectivity index (χ1v) is 31.1. The Morgan fingerprint density at radius 3 is 0.868 bits per heavy atom. The standard InChI is InChI=1S/2C4H3N2.6C4H9.2Sn/c2*1-2-6-4-3-5-1;6*1-3-4-2;;/h2*1-3H;6*1,3-4H2,2H3;;. The number of aromatic nitrogens is 4. The van der Waals surface area contributed by atoms with Crippen molar-refractivity contribution in [3.63, 3.8) is 0 Å². The average molecular weight is 738 g/mol. The SMILES string of the molecule is CCC[CH2][Sn]([CH2]CCC)([CH2]CCC)[c]1cnccn1.CCC[CH2][Sn]([CH2]CCC)([CH2]CCC)[c]1cnccn1.